The average Bonchev–Trinajstić information content (AvgIpc) is 2.70. The van der Waals surface area contributed by atoms with Crippen LogP contribution in [0.15, 0.2) is 59.7 Å². The van der Waals surface area contributed by atoms with Crippen molar-refractivity contribution in [3.63, 3.8) is 0 Å². The normalized spacial score (nSPS) is 10.8. The van der Waals surface area contributed by atoms with Crippen LogP contribution >= 0.6 is 0 Å². The molecule has 2 aromatic heterocycles. The number of nitrogens with one attached hydrogen (secondary N) is 2. The molecule has 144 valence electrons. The number of aromatic nitrogens is 2. The van der Waals surface area contributed by atoms with E-state index in [2.05, 4.69) is 15.6 Å². The zero-order valence-electron chi connectivity index (χ0n) is 15.7. The second-order valence-electron chi connectivity index (χ2n) is 6.50. The molecule has 0 radical (unpaired) electrons. The monoisotopic (exact) mass is 379 g/mol. The number of hydrogen-bond donors (Lipinski definition) is 2. The van der Waals surface area contributed by atoms with Gasteiger partial charge in [-0.15, -0.1) is 0 Å². The van der Waals surface area contributed by atoms with E-state index in [1.807, 2.05) is 19.0 Å². The van der Waals surface area contributed by atoms with Gasteiger partial charge in [0.15, 0.2) is 0 Å². The highest BCUT2D eigenvalue weighted by Gasteiger charge is 2.12. The third kappa shape index (κ3) is 4.41. The Morgan fingerprint density at radius 1 is 1.04 bits per heavy atom. The van der Waals surface area contributed by atoms with Gasteiger partial charge in [0.1, 0.15) is 11.3 Å². The van der Waals surface area contributed by atoms with Crippen LogP contribution in [0.1, 0.15) is 20.7 Å². The van der Waals surface area contributed by atoms with E-state index in [0.29, 0.717) is 29.9 Å². The quantitative estimate of drug-likeness (QED) is 0.672. The summed E-state index contributed by atoms with van der Waals surface area (Å²) in [4.78, 5) is 43.5. The topological polar surface area (TPSA) is 95.8 Å². The minimum Gasteiger partial charge on any atom is -0.351 e. The third-order valence-electron chi connectivity index (χ3n) is 4.09. The summed E-state index contributed by atoms with van der Waals surface area (Å²) < 4.78 is 1.25. The van der Waals surface area contributed by atoms with E-state index in [1.165, 1.54) is 16.8 Å². The number of likely N-dealkylation sites (N-methyl/N-ethyl adjacent to an activating group) is 1. The summed E-state index contributed by atoms with van der Waals surface area (Å²) in [5, 5.41) is 5.37. The molecule has 28 heavy (non-hydrogen) atoms. The van der Waals surface area contributed by atoms with Crippen molar-refractivity contribution in [2.24, 2.45) is 0 Å². The summed E-state index contributed by atoms with van der Waals surface area (Å²) in [5.74, 6) is -0.689. The van der Waals surface area contributed by atoms with E-state index in [1.54, 1.807) is 42.5 Å². The fraction of sp³-hybridized carbons (Fsp3) is 0.200. The Morgan fingerprint density at radius 2 is 1.79 bits per heavy atom. The highest BCUT2D eigenvalue weighted by atomic mass is 16.2. The SMILES string of the molecule is CN(C)CCNC(=O)c1ccc2ncc(NC(=O)c3ccccc3)c(=O)n2c1. The molecule has 3 aromatic rings. The van der Waals surface area contributed by atoms with Crippen LogP contribution in [0, 0.1) is 0 Å². The molecule has 0 aliphatic heterocycles. The summed E-state index contributed by atoms with van der Waals surface area (Å²) >= 11 is 0. The molecule has 8 heteroatoms. The molecule has 0 saturated heterocycles. The number of pyridine rings is 1. The van der Waals surface area contributed by atoms with Gasteiger partial charge in [0.05, 0.1) is 11.8 Å². The maximum atomic E-state index is 12.7. The van der Waals surface area contributed by atoms with Crippen LogP contribution in [0.3, 0.4) is 0 Å². The molecule has 2 N–H and O–H groups in total. The van der Waals surface area contributed by atoms with E-state index >= 15 is 0 Å². The highest BCUT2D eigenvalue weighted by Crippen LogP contribution is 2.07. The Balaban J connectivity index is 1.84. The van der Waals surface area contributed by atoms with Crippen molar-refractivity contribution in [1.29, 1.82) is 0 Å². The van der Waals surface area contributed by atoms with Crippen LogP contribution < -0.4 is 16.2 Å². The second-order valence-corrected chi connectivity index (χ2v) is 6.50. The first-order valence-electron chi connectivity index (χ1n) is 8.76. The predicted molar refractivity (Wildman–Crippen MR) is 107 cm³/mol. The summed E-state index contributed by atoms with van der Waals surface area (Å²) in [5.41, 5.74) is 0.726. The Bertz CT molecular complexity index is 1060. The molecule has 0 bridgehead atoms. The smallest absolute Gasteiger partial charge is 0.281 e. The Hall–Kier alpha value is -3.52. The van der Waals surface area contributed by atoms with Gasteiger partial charge in [0.25, 0.3) is 17.4 Å². The first-order valence-corrected chi connectivity index (χ1v) is 8.76. The van der Waals surface area contributed by atoms with E-state index in [9.17, 15) is 14.4 Å². The lowest BCUT2D eigenvalue weighted by atomic mass is 10.2. The van der Waals surface area contributed by atoms with E-state index < -0.39 is 11.5 Å². The number of rotatable bonds is 6. The molecule has 8 nitrogen and oxygen atoms in total. The van der Waals surface area contributed by atoms with Crippen LogP contribution in [0.4, 0.5) is 5.69 Å². The van der Waals surface area contributed by atoms with Crippen molar-refractivity contribution >= 4 is 23.1 Å². The molecule has 0 saturated carbocycles. The Morgan fingerprint density at radius 3 is 2.50 bits per heavy atom. The summed E-state index contributed by atoms with van der Waals surface area (Å²) in [6.45, 7) is 1.20. The lowest BCUT2D eigenvalue weighted by Gasteiger charge is -2.11. The molecule has 3 rings (SSSR count). The molecule has 0 aliphatic rings. The van der Waals surface area contributed by atoms with Gasteiger partial charge < -0.3 is 15.5 Å². The number of carbonyl (C=O) groups excluding carboxylic acids is 2. The zero-order valence-corrected chi connectivity index (χ0v) is 15.7. The van der Waals surface area contributed by atoms with Crippen molar-refractivity contribution in [3.05, 3.63) is 76.3 Å². The van der Waals surface area contributed by atoms with Gasteiger partial charge in [-0.05, 0) is 38.4 Å². The molecule has 0 atom stereocenters. The molecule has 2 amide bonds. The van der Waals surface area contributed by atoms with Gasteiger partial charge in [0.2, 0.25) is 0 Å². The van der Waals surface area contributed by atoms with Crippen molar-refractivity contribution in [2.75, 3.05) is 32.5 Å². The number of benzene rings is 1. The largest absolute Gasteiger partial charge is 0.351 e. The molecule has 1 aromatic carbocycles. The Kier molecular flexibility index (Phi) is 5.81. The van der Waals surface area contributed by atoms with Gasteiger partial charge in [-0.1, -0.05) is 18.2 Å². The molecule has 2 heterocycles. The molecule has 0 spiro atoms. The number of nitrogens with zero attached hydrogens (tertiary/aromatic N) is 3. The second kappa shape index (κ2) is 8.45. The molecule has 0 fully saturated rings. The maximum absolute atomic E-state index is 12.7. The van der Waals surface area contributed by atoms with Crippen molar-refractivity contribution in [3.8, 4) is 0 Å². The van der Waals surface area contributed by atoms with E-state index in [4.69, 9.17) is 0 Å². The lowest BCUT2D eigenvalue weighted by Crippen LogP contribution is -2.31. The number of hydrogen-bond acceptors (Lipinski definition) is 5. The maximum Gasteiger partial charge on any atom is 0.281 e. The first-order chi connectivity index (χ1) is 13.5. The summed E-state index contributed by atoms with van der Waals surface area (Å²) in [6, 6.07) is 11.8. The number of carbonyl (C=O) groups is 2. The van der Waals surface area contributed by atoms with E-state index in [0.717, 1.165) is 0 Å². The van der Waals surface area contributed by atoms with Crippen molar-refractivity contribution in [1.82, 2.24) is 19.6 Å². The van der Waals surface area contributed by atoms with Crippen LogP contribution in [0.2, 0.25) is 0 Å². The molecular formula is C20H21N5O3. The highest BCUT2D eigenvalue weighted by molar-refractivity contribution is 6.04. The Labute approximate surface area is 161 Å². The number of anilines is 1. The summed E-state index contributed by atoms with van der Waals surface area (Å²) in [7, 11) is 3.83. The fourth-order valence-corrected chi connectivity index (χ4v) is 2.58. The molecule has 0 unspecified atom stereocenters. The summed E-state index contributed by atoms with van der Waals surface area (Å²) in [6.07, 6.45) is 2.74. The molecule has 0 aliphatic carbocycles. The van der Waals surface area contributed by atoms with E-state index in [-0.39, 0.29) is 11.6 Å². The zero-order chi connectivity index (χ0) is 20.1. The minimum absolute atomic E-state index is 0.0384. The van der Waals surface area contributed by atoms with Crippen molar-refractivity contribution < 1.29 is 9.59 Å². The van der Waals surface area contributed by atoms with Crippen LogP contribution in [0.5, 0.6) is 0 Å². The molecular weight excluding hydrogens is 358 g/mol. The van der Waals surface area contributed by atoms with Crippen LogP contribution in [-0.2, 0) is 0 Å². The standard InChI is InChI=1S/C20H21N5O3/c1-24(2)11-10-21-18(26)15-8-9-17-22-12-16(20(28)25(17)13-15)23-19(27)14-6-4-3-5-7-14/h3-9,12-13H,10-11H2,1-2H3,(H,21,26)(H,23,27). The minimum atomic E-state index is -0.461. The third-order valence-corrected chi connectivity index (χ3v) is 4.09. The number of amides is 2. The average molecular weight is 379 g/mol. The van der Waals surface area contributed by atoms with Gasteiger partial charge in [-0.3, -0.25) is 18.8 Å². The van der Waals surface area contributed by atoms with Gasteiger partial charge in [-0.25, -0.2) is 4.98 Å². The van der Waals surface area contributed by atoms with Gasteiger partial charge in [0, 0.05) is 24.8 Å². The number of fused-ring (bicyclic) bond motifs is 1. The lowest BCUT2D eigenvalue weighted by molar-refractivity contribution is 0.0949. The van der Waals surface area contributed by atoms with Crippen molar-refractivity contribution in [2.45, 2.75) is 0 Å². The fourth-order valence-electron chi connectivity index (χ4n) is 2.58. The van der Waals surface area contributed by atoms with Crippen LogP contribution in [0.25, 0.3) is 5.65 Å². The first kappa shape index (κ1) is 19.2. The predicted octanol–water partition coefficient (Wildman–Crippen LogP) is 1.24. The van der Waals surface area contributed by atoms with Gasteiger partial charge in [-0.2, -0.15) is 0 Å². The van der Waals surface area contributed by atoms with Crippen LogP contribution in [-0.4, -0.2) is 53.3 Å². The van der Waals surface area contributed by atoms with Gasteiger partial charge >= 0.3 is 0 Å².